The number of pyridine rings is 1. The van der Waals surface area contributed by atoms with E-state index in [-0.39, 0.29) is 11.1 Å². The van der Waals surface area contributed by atoms with Crippen molar-refractivity contribution in [3.8, 4) is 11.4 Å². The van der Waals surface area contributed by atoms with Gasteiger partial charge in [-0.2, -0.15) is 0 Å². The summed E-state index contributed by atoms with van der Waals surface area (Å²) in [6.07, 6.45) is -1.33. The quantitative estimate of drug-likeness (QED) is 0.816. The molecule has 1 heterocycles. The molecule has 1 aromatic carbocycles. The van der Waals surface area contributed by atoms with Crippen LogP contribution in [0.15, 0.2) is 47.4 Å². The molecule has 3 heteroatoms. The lowest BCUT2D eigenvalue weighted by Gasteiger charge is -2.08. The first-order valence-electron chi connectivity index (χ1n) is 7.54. The van der Waals surface area contributed by atoms with E-state index in [9.17, 15) is 4.79 Å². The van der Waals surface area contributed by atoms with Crippen LogP contribution in [-0.2, 0) is 6.37 Å². The molecule has 0 atom stereocenters. The monoisotopic (exact) mass is 234 g/mol. The van der Waals surface area contributed by atoms with Crippen molar-refractivity contribution in [2.24, 2.45) is 0 Å². The van der Waals surface area contributed by atoms with Crippen molar-refractivity contribution in [2.45, 2.75) is 13.2 Å². The van der Waals surface area contributed by atoms with E-state index in [0.29, 0.717) is 11.4 Å². The summed E-state index contributed by atoms with van der Waals surface area (Å²) in [7, 11) is 1.52. The third kappa shape index (κ3) is 2.38. The molecule has 0 amide bonds. The normalized spacial score (nSPS) is 16.2. The van der Waals surface area contributed by atoms with Gasteiger partial charge in [0.1, 0.15) is 5.75 Å². The van der Waals surface area contributed by atoms with E-state index in [2.05, 4.69) is 0 Å². The zero-order valence-corrected chi connectivity index (χ0v) is 9.31. The average molecular weight is 234 g/mol. The molecule has 1 aromatic heterocycles. The fraction of sp³-hybridized carbons (Fsp3) is 0.214. The molecule has 0 fully saturated rings. The van der Waals surface area contributed by atoms with Gasteiger partial charge in [-0.05, 0) is 36.2 Å². The van der Waals surface area contributed by atoms with Crippen molar-refractivity contribution in [3.63, 3.8) is 0 Å². The number of hydrogen-bond acceptors (Lipinski definition) is 2. The molecule has 3 nitrogen and oxygen atoms in total. The van der Waals surface area contributed by atoms with Gasteiger partial charge in [0.2, 0.25) is 0 Å². The van der Waals surface area contributed by atoms with Gasteiger partial charge in [0, 0.05) is 24.8 Å². The molecular weight excluding hydrogens is 214 g/mol. The largest absolute Gasteiger partial charge is 0.497 e. The summed E-state index contributed by atoms with van der Waals surface area (Å²) in [5.41, 5.74) is 0.0344. The van der Waals surface area contributed by atoms with Crippen LogP contribution < -0.4 is 10.3 Å². The van der Waals surface area contributed by atoms with Crippen LogP contribution in [0.4, 0.5) is 0 Å². The van der Waals surface area contributed by atoms with Gasteiger partial charge in [0.05, 0.1) is 7.11 Å². The van der Waals surface area contributed by atoms with Crippen LogP contribution in [0.1, 0.15) is 19.3 Å². The average Bonchev–Trinajstić information content (AvgIpc) is 2.46. The molecule has 0 radical (unpaired) electrons. The Morgan fingerprint density at radius 2 is 2.06 bits per heavy atom. The Morgan fingerprint density at radius 1 is 1.29 bits per heavy atom. The highest BCUT2D eigenvalue weighted by molar-refractivity contribution is 5.38. The van der Waals surface area contributed by atoms with Crippen molar-refractivity contribution < 1.29 is 11.6 Å². The lowest BCUT2D eigenvalue weighted by atomic mass is 10.2. The van der Waals surface area contributed by atoms with Gasteiger partial charge in [-0.1, -0.05) is 12.9 Å². The number of nitrogens with zero attached hydrogens (tertiary/aromatic N) is 1. The molecule has 0 N–H and O–H groups in total. The summed E-state index contributed by atoms with van der Waals surface area (Å²) in [6.45, 7) is -2.82. The van der Waals surface area contributed by atoms with Gasteiger partial charge in [0.25, 0.3) is 5.56 Å². The molecule has 0 bridgehead atoms. The number of aromatic nitrogens is 1. The Morgan fingerprint density at radius 3 is 2.71 bits per heavy atom. The molecule has 0 saturated carbocycles. The fourth-order valence-corrected chi connectivity index (χ4v) is 1.51. The fourth-order valence-electron chi connectivity index (χ4n) is 1.51. The first-order valence-corrected chi connectivity index (χ1v) is 5.04. The maximum absolute atomic E-state index is 12.0. The molecule has 0 aliphatic carbocycles. The highest BCUT2D eigenvalue weighted by atomic mass is 16.5. The maximum atomic E-state index is 12.0. The lowest BCUT2D eigenvalue weighted by Crippen LogP contribution is -2.16. The maximum Gasteiger partial charge on any atom is 0.255 e. The van der Waals surface area contributed by atoms with Crippen LogP contribution >= 0.6 is 0 Å². The van der Waals surface area contributed by atoms with E-state index in [1.807, 2.05) is 0 Å². The van der Waals surface area contributed by atoms with Gasteiger partial charge >= 0.3 is 0 Å². The van der Waals surface area contributed by atoms with Crippen LogP contribution in [0.3, 0.4) is 0 Å². The van der Waals surface area contributed by atoms with Crippen LogP contribution in [0.5, 0.6) is 5.75 Å². The number of methoxy groups -OCH3 is 1. The topological polar surface area (TPSA) is 31.2 Å². The summed E-state index contributed by atoms with van der Waals surface area (Å²) < 4.78 is 43.7. The number of aryl methyl sites for hydroxylation is 1. The second-order valence-corrected chi connectivity index (χ2v) is 3.45. The molecule has 88 valence electrons. The van der Waals surface area contributed by atoms with E-state index in [0.717, 1.165) is 6.07 Å². The van der Waals surface area contributed by atoms with E-state index in [4.69, 9.17) is 11.6 Å². The summed E-state index contributed by atoms with van der Waals surface area (Å²) in [5.74, 6) is 0.616. The second-order valence-electron chi connectivity index (χ2n) is 3.45. The predicted molar refractivity (Wildman–Crippen MR) is 68.0 cm³/mol. The first kappa shape index (κ1) is 6.64. The minimum Gasteiger partial charge on any atom is -0.497 e. The Kier molecular flexibility index (Phi) is 1.90. The summed E-state index contributed by atoms with van der Waals surface area (Å²) in [4.78, 5) is 12.0. The van der Waals surface area contributed by atoms with Crippen LogP contribution in [0.2, 0.25) is 0 Å². The van der Waals surface area contributed by atoms with Crippen molar-refractivity contribution in [2.75, 3.05) is 7.11 Å². The first-order chi connectivity index (χ1) is 10.2. The number of benzene rings is 1. The van der Waals surface area contributed by atoms with Crippen molar-refractivity contribution >= 4 is 0 Å². The van der Waals surface area contributed by atoms with Crippen molar-refractivity contribution in [3.05, 3.63) is 58.5 Å². The number of rotatable bonds is 3. The van der Waals surface area contributed by atoms with Crippen molar-refractivity contribution in [1.82, 2.24) is 4.57 Å². The molecule has 0 aliphatic heterocycles. The second kappa shape index (κ2) is 4.87. The molecular formula is C14H15NO2. The van der Waals surface area contributed by atoms with Crippen LogP contribution in [-0.4, -0.2) is 11.7 Å². The Balaban J connectivity index is 2.54. The highest BCUT2D eigenvalue weighted by Crippen LogP contribution is 2.13. The molecule has 0 aliphatic rings. The van der Waals surface area contributed by atoms with Crippen LogP contribution in [0, 0.1) is 0 Å². The third-order valence-corrected chi connectivity index (χ3v) is 2.41. The Bertz CT molecular complexity index is 719. The smallest absolute Gasteiger partial charge is 0.255 e. The zero-order valence-electron chi connectivity index (χ0n) is 14.3. The highest BCUT2D eigenvalue weighted by Gasteiger charge is 2.01. The Hall–Kier alpha value is -2.03. The van der Waals surface area contributed by atoms with E-state index >= 15 is 0 Å². The minimum atomic E-state index is -2.82. The molecule has 17 heavy (non-hydrogen) atoms. The molecule has 2 aromatic rings. The van der Waals surface area contributed by atoms with E-state index in [1.165, 1.54) is 23.9 Å². The number of ether oxygens (including phenoxy) is 1. The van der Waals surface area contributed by atoms with Gasteiger partial charge in [0.15, 0.2) is 0 Å². The van der Waals surface area contributed by atoms with Gasteiger partial charge in [-0.25, -0.2) is 0 Å². The van der Waals surface area contributed by atoms with Gasteiger partial charge < -0.3 is 4.74 Å². The molecule has 0 unspecified atom stereocenters. The Labute approximate surface area is 107 Å². The summed E-state index contributed by atoms with van der Waals surface area (Å²) in [6, 6.07) is 8.95. The zero-order chi connectivity index (χ0) is 16.5. The molecule has 0 saturated heterocycles. The van der Waals surface area contributed by atoms with Gasteiger partial charge in [-0.3, -0.25) is 9.36 Å². The summed E-state index contributed by atoms with van der Waals surface area (Å²) in [5, 5.41) is 0. The lowest BCUT2D eigenvalue weighted by molar-refractivity contribution is 0.414. The SMILES string of the molecule is [2H]C([2H])([2H])C([2H])([2H])c1ccc(=O)n(-c2ccc(OC)cc2)c1. The number of hydrogen-bond donors (Lipinski definition) is 0. The van der Waals surface area contributed by atoms with E-state index in [1.54, 1.807) is 24.3 Å². The van der Waals surface area contributed by atoms with Crippen LogP contribution in [0.25, 0.3) is 5.69 Å². The standard InChI is InChI=1S/C14H15NO2/c1-3-11-4-9-14(16)15(10-11)12-5-7-13(17-2)8-6-12/h4-10H,3H2,1-2H3/i1D3,3D2. The molecule has 2 rings (SSSR count). The van der Waals surface area contributed by atoms with Crippen molar-refractivity contribution in [1.29, 1.82) is 0 Å². The van der Waals surface area contributed by atoms with Gasteiger partial charge in [-0.15, -0.1) is 0 Å². The molecule has 0 spiro atoms. The predicted octanol–water partition coefficient (Wildman–Crippen LogP) is 2.41. The minimum absolute atomic E-state index is 0.0806. The van der Waals surface area contributed by atoms with E-state index < -0.39 is 13.2 Å². The third-order valence-electron chi connectivity index (χ3n) is 2.41. The summed E-state index contributed by atoms with van der Waals surface area (Å²) >= 11 is 0.